The van der Waals surface area contributed by atoms with Crippen molar-refractivity contribution in [2.24, 2.45) is 0 Å². The van der Waals surface area contributed by atoms with Crippen LogP contribution in [0.5, 0.6) is 0 Å². The van der Waals surface area contributed by atoms with Gasteiger partial charge in [-0.1, -0.05) is 12.8 Å². The summed E-state index contributed by atoms with van der Waals surface area (Å²) in [5.41, 5.74) is 0. The zero-order valence-electron chi connectivity index (χ0n) is 8.66. The highest BCUT2D eigenvalue weighted by Gasteiger charge is 2.34. The van der Waals surface area contributed by atoms with Crippen LogP contribution in [0.15, 0.2) is 0 Å². The van der Waals surface area contributed by atoms with Crippen molar-refractivity contribution in [3.8, 4) is 0 Å². The quantitative estimate of drug-likeness (QED) is 0.611. The zero-order chi connectivity index (χ0) is 9.97. The average Bonchev–Trinajstić information content (AvgIpc) is 2.27. The highest BCUT2D eigenvalue weighted by Crippen LogP contribution is 2.28. The Bertz CT molecular complexity index is 220. The van der Waals surface area contributed by atoms with Crippen LogP contribution in [0.3, 0.4) is 0 Å². The Morgan fingerprint density at radius 2 is 2.21 bits per heavy atom. The molecule has 4 heteroatoms. The van der Waals surface area contributed by atoms with Crippen molar-refractivity contribution in [2.45, 2.75) is 37.8 Å². The normalized spacial score (nSPS) is 32.2. The van der Waals surface area contributed by atoms with Crippen molar-refractivity contribution in [3.63, 3.8) is 0 Å². The predicted molar refractivity (Wildman–Crippen MR) is 60.4 cm³/mol. The molecule has 2 aliphatic rings. The second-order valence-corrected chi connectivity index (χ2v) is 4.40. The van der Waals surface area contributed by atoms with Crippen LogP contribution in [0.2, 0.25) is 0 Å². The molecule has 0 aromatic carbocycles. The third-order valence-corrected chi connectivity index (χ3v) is 3.65. The van der Waals surface area contributed by atoms with E-state index in [2.05, 4.69) is 10.2 Å². The van der Waals surface area contributed by atoms with Gasteiger partial charge >= 0.3 is 0 Å². The molecular weight excluding hydrogens is 196 g/mol. The first-order valence-corrected chi connectivity index (χ1v) is 5.83. The molecule has 2 rings (SSSR count). The predicted octanol–water partition coefficient (Wildman–Crippen LogP) is 1.13. The van der Waals surface area contributed by atoms with E-state index in [9.17, 15) is 0 Å². The minimum absolute atomic E-state index is 0.420. The summed E-state index contributed by atoms with van der Waals surface area (Å²) >= 11 is 5.30. The molecule has 2 unspecified atom stereocenters. The number of hydrogen-bond acceptors (Lipinski definition) is 2. The lowest BCUT2D eigenvalue weighted by atomic mass is 9.90. The molecule has 0 radical (unpaired) electrons. The van der Waals surface area contributed by atoms with Gasteiger partial charge in [0, 0.05) is 13.6 Å². The van der Waals surface area contributed by atoms with Crippen molar-refractivity contribution in [1.29, 1.82) is 0 Å². The van der Waals surface area contributed by atoms with Crippen molar-refractivity contribution < 1.29 is 4.74 Å². The molecule has 1 saturated heterocycles. The average molecular weight is 214 g/mol. The van der Waals surface area contributed by atoms with Crippen LogP contribution >= 0.6 is 12.2 Å². The highest BCUT2D eigenvalue weighted by atomic mass is 32.1. The fourth-order valence-electron chi connectivity index (χ4n) is 2.49. The summed E-state index contributed by atoms with van der Waals surface area (Å²) in [7, 11) is 1.90. The molecule has 3 nitrogen and oxygen atoms in total. The minimum atomic E-state index is 0.420. The van der Waals surface area contributed by atoms with Crippen LogP contribution in [0.1, 0.15) is 25.7 Å². The van der Waals surface area contributed by atoms with Gasteiger partial charge in [-0.05, 0) is 25.1 Å². The van der Waals surface area contributed by atoms with Crippen LogP contribution < -0.4 is 5.32 Å². The fourth-order valence-corrected chi connectivity index (χ4v) is 2.72. The van der Waals surface area contributed by atoms with Gasteiger partial charge in [0.05, 0.1) is 18.8 Å². The summed E-state index contributed by atoms with van der Waals surface area (Å²) in [5.74, 6) is 0. The standard InChI is InChI=1S/C10H18N2OS/c1-11-10(14)12-6-7-13-9-5-3-2-4-8(9)12/h8-9H,2-7H2,1H3,(H,11,14). The van der Waals surface area contributed by atoms with Gasteiger partial charge < -0.3 is 15.0 Å². The Morgan fingerprint density at radius 1 is 1.43 bits per heavy atom. The summed E-state index contributed by atoms with van der Waals surface area (Å²) in [6.07, 6.45) is 5.47. The van der Waals surface area contributed by atoms with E-state index in [0.717, 1.165) is 18.3 Å². The first kappa shape index (κ1) is 10.2. The number of nitrogens with one attached hydrogen (secondary N) is 1. The number of rotatable bonds is 0. The molecule has 2 fully saturated rings. The van der Waals surface area contributed by atoms with Crippen LogP contribution in [-0.2, 0) is 4.74 Å². The van der Waals surface area contributed by atoms with Gasteiger partial charge in [-0.25, -0.2) is 0 Å². The second-order valence-electron chi connectivity index (χ2n) is 4.01. The zero-order valence-corrected chi connectivity index (χ0v) is 9.48. The number of nitrogens with zero attached hydrogens (tertiary/aromatic N) is 1. The number of fused-ring (bicyclic) bond motifs is 1. The van der Waals surface area contributed by atoms with E-state index in [1.165, 1.54) is 25.7 Å². The Morgan fingerprint density at radius 3 is 3.00 bits per heavy atom. The highest BCUT2D eigenvalue weighted by molar-refractivity contribution is 7.80. The van der Waals surface area contributed by atoms with Gasteiger partial charge in [-0.15, -0.1) is 0 Å². The van der Waals surface area contributed by atoms with Gasteiger partial charge in [-0.3, -0.25) is 0 Å². The van der Waals surface area contributed by atoms with E-state index < -0.39 is 0 Å². The third kappa shape index (κ3) is 1.86. The molecule has 1 aliphatic heterocycles. The lowest BCUT2D eigenvalue weighted by Crippen LogP contribution is -2.56. The van der Waals surface area contributed by atoms with Crippen molar-refractivity contribution in [2.75, 3.05) is 20.2 Å². The van der Waals surface area contributed by atoms with Gasteiger partial charge in [0.2, 0.25) is 0 Å². The smallest absolute Gasteiger partial charge is 0.169 e. The summed E-state index contributed by atoms with van der Waals surface area (Å²) in [6.45, 7) is 1.77. The maximum Gasteiger partial charge on any atom is 0.169 e. The molecule has 1 aliphatic carbocycles. The number of morpholine rings is 1. The molecule has 1 heterocycles. The van der Waals surface area contributed by atoms with E-state index in [0.29, 0.717) is 12.1 Å². The second kappa shape index (κ2) is 4.45. The Labute approximate surface area is 90.8 Å². The van der Waals surface area contributed by atoms with Crippen LogP contribution in [0.4, 0.5) is 0 Å². The van der Waals surface area contributed by atoms with Crippen molar-refractivity contribution >= 4 is 17.3 Å². The van der Waals surface area contributed by atoms with Gasteiger partial charge in [0.25, 0.3) is 0 Å². The largest absolute Gasteiger partial charge is 0.374 e. The minimum Gasteiger partial charge on any atom is -0.374 e. The van der Waals surface area contributed by atoms with E-state index in [1.54, 1.807) is 0 Å². The molecule has 0 bridgehead atoms. The fraction of sp³-hybridized carbons (Fsp3) is 0.900. The topological polar surface area (TPSA) is 24.5 Å². The maximum absolute atomic E-state index is 5.78. The number of ether oxygens (including phenoxy) is 1. The monoisotopic (exact) mass is 214 g/mol. The number of thiocarbonyl (C=S) groups is 1. The summed E-state index contributed by atoms with van der Waals surface area (Å²) in [5, 5.41) is 3.95. The summed E-state index contributed by atoms with van der Waals surface area (Å²) < 4.78 is 5.78. The van der Waals surface area contributed by atoms with E-state index in [4.69, 9.17) is 17.0 Å². The van der Waals surface area contributed by atoms with E-state index in [-0.39, 0.29) is 0 Å². The Balaban J connectivity index is 2.04. The first-order valence-electron chi connectivity index (χ1n) is 5.43. The number of hydrogen-bond donors (Lipinski definition) is 1. The van der Waals surface area contributed by atoms with Crippen LogP contribution in [0, 0.1) is 0 Å². The molecule has 1 saturated carbocycles. The SMILES string of the molecule is CNC(=S)N1CCOC2CCCCC21. The molecule has 0 aromatic heterocycles. The molecule has 2 atom stereocenters. The molecule has 1 N–H and O–H groups in total. The van der Waals surface area contributed by atoms with E-state index in [1.807, 2.05) is 7.05 Å². The van der Waals surface area contributed by atoms with Gasteiger partial charge in [0.1, 0.15) is 0 Å². The lowest BCUT2D eigenvalue weighted by molar-refractivity contribution is -0.0637. The maximum atomic E-state index is 5.78. The molecule has 0 amide bonds. The Hall–Kier alpha value is -0.350. The molecule has 0 spiro atoms. The Kier molecular flexibility index (Phi) is 3.23. The molecular formula is C10H18N2OS. The van der Waals surface area contributed by atoms with Crippen LogP contribution in [-0.4, -0.2) is 42.4 Å². The van der Waals surface area contributed by atoms with Gasteiger partial charge in [-0.2, -0.15) is 0 Å². The first-order chi connectivity index (χ1) is 6.83. The van der Waals surface area contributed by atoms with Crippen molar-refractivity contribution in [1.82, 2.24) is 10.2 Å². The summed E-state index contributed by atoms with van der Waals surface area (Å²) in [6, 6.07) is 0.525. The van der Waals surface area contributed by atoms with Gasteiger partial charge in [0.15, 0.2) is 5.11 Å². The van der Waals surface area contributed by atoms with E-state index >= 15 is 0 Å². The third-order valence-electron chi connectivity index (χ3n) is 3.21. The molecule has 14 heavy (non-hydrogen) atoms. The lowest BCUT2D eigenvalue weighted by Gasteiger charge is -2.44. The molecule has 80 valence electrons. The van der Waals surface area contributed by atoms with Crippen molar-refractivity contribution in [3.05, 3.63) is 0 Å². The molecule has 0 aromatic rings. The van der Waals surface area contributed by atoms with Crippen LogP contribution in [0.25, 0.3) is 0 Å². The summed E-state index contributed by atoms with van der Waals surface area (Å²) in [4.78, 5) is 2.31.